The fraction of sp³-hybridized carbons (Fsp3) is 0.148. The third-order valence-corrected chi connectivity index (χ3v) is 6.38. The molecule has 1 atom stereocenters. The molecule has 1 aromatic heterocycles. The van der Waals surface area contributed by atoms with Crippen molar-refractivity contribution in [2.45, 2.75) is 19.0 Å². The summed E-state index contributed by atoms with van der Waals surface area (Å²) in [6.07, 6.45) is 2.46. The van der Waals surface area contributed by atoms with E-state index in [1.54, 1.807) is 11.1 Å². The maximum Gasteiger partial charge on any atom is 0.272 e. The van der Waals surface area contributed by atoms with Crippen molar-refractivity contribution in [1.82, 2.24) is 10.3 Å². The van der Waals surface area contributed by atoms with E-state index in [9.17, 15) is 9.59 Å². The highest BCUT2D eigenvalue weighted by molar-refractivity contribution is 6.21. The van der Waals surface area contributed by atoms with Gasteiger partial charge >= 0.3 is 0 Å². The van der Waals surface area contributed by atoms with Crippen molar-refractivity contribution >= 4 is 34.1 Å². The van der Waals surface area contributed by atoms with Gasteiger partial charge in [-0.25, -0.2) is 4.99 Å². The lowest BCUT2D eigenvalue weighted by atomic mass is 9.93. The van der Waals surface area contributed by atoms with Crippen LogP contribution in [0.1, 0.15) is 33.5 Å². The molecule has 2 N–H and O–H groups in total. The van der Waals surface area contributed by atoms with Crippen molar-refractivity contribution < 1.29 is 9.59 Å². The van der Waals surface area contributed by atoms with Gasteiger partial charge in [0, 0.05) is 34.8 Å². The number of aromatic nitrogens is 1. The van der Waals surface area contributed by atoms with Gasteiger partial charge in [-0.2, -0.15) is 0 Å². The van der Waals surface area contributed by atoms with Crippen LogP contribution in [0.2, 0.25) is 0 Å². The fourth-order valence-electron chi connectivity index (χ4n) is 4.85. The maximum atomic E-state index is 13.7. The van der Waals surface area contributed by atoms with E-state index in [4.69, 9.17) is 4.99 Å². The Balaban J connectivity index is 1.46. The molecule has 0 radical (unpaired) electrons. The predicted octanol–water partition coefficient (Wildman–Crippen LogP) is 4.05. The van der Waals surface area contributed by atoms with Crippen molar-refractivity contribution in [3.8, 4) is 0 Å². The lowest BCUT2D eigenvalue weighted by Gasteiger charge is -2.31. The molecule has 2 aliphatic heterocycles. The molecule has 3 heterocycles. The zero-order valence-electron chi connectivity index (χ0n) is 17.9. The molecule has 2 aliphatic rings. The highest BCUT2D eigenvalue weighted by Gasteiger charge is 2.36. The lowest BCUT2D eigenvalue weighted by molar-refractivity contribution is -0.120. The highest BCUT2D eigenvalue weighted by Crippen LogP contribution is 2.35. The van der Waals surface area contributed by atoms with E-state index in [1.807, 2.05) is 66.7 Å². The number of rotatable bonds is 3. The second kappa shape index (κ2) is 7.74. The number of carbonyl (C=O) groups is 2. The molecule has 2 amide bonds. The second-order valence-electron chi connectivity index (χ2n) is 8.37. The molecule has 0 bridgehead atoms. The minimum atomic E-state index is -1.01. The molecule has 162 valence electrons. The summed E-state index contributed by atoms with van der Waals surface area (Å²) in [6, 6.07) is 23.6. The van der Waals surface area contributed by atoms with Crippen molar-refractivity contribution in [2.75, 3.05) is 11.4 Å². The Morgan fingerprint density at radius 3 is 2.70 bits per heavy atom. The standard InChI is InChI=1S/C27H22N4O2/c32-26(21-16-28-22-14-5-4-12-19(21)22)30-25-27(33)31-15-7-11-18-10-6-13-20(24(18)31)23(29-25)17-8-2-1-3-9-17/h1-6,8-10,12-14,16,25,28H,7,11,15H2,(H,30,32)/t25-/m0/s1. The van der Waals surface area contributed by atoms with Crippen LogP contribution in [0.4, 0.5) is 5.69 Å². The predicted molar refractivity (Wildman–Crippen MR) is 129 cm³/mol. The van der Waals surface area contributed by atoms with Crippen LogP contribution < -0.4 is 10.2 Å². The van der Waals surface area contributed by atoms with E-state index in [0.717, 1.165) is 51.8 Å². The summed E-state index contributed by atoms with van der Waals surface area (Å²) in [4.78, 5) is 36.7. The number of hydrogen-bond donors (Lipinski definition) is 2. The average molecular weight is 434 g/mol. The third kappa shape index (κ3) is 3.22. The van der Waals surface area contributed by atoms with Gasteiger partial charge in [0.05, 0.1) is 17.0 Å². The first-order valence-corrected chi connectivity index (χ1v) is 11.1. The number of nitrogens with zero attached hydrogens (tertiary/aromatic N) is 2. The van der Waals surface area contributed by atoms with Crippen LogP contribution in [0.15, 0.2) is 84.0 Å². The van der Waals surface area contributed by atoms with E-state index in [0.29, 0.717) is 12.1 Å². The van der Waals surface area contributed by atoms with Crippen molar-refractivity contribution in [3.05, 3.63) is 101 Å². The van der Waals surface area contributed by atoms with Crippen LogP contribution in [-0.2, 0) is 11.2 Å². The summed E-state index contributed by atoms with van der Waals surface area (Å²) < 4.78 is 0. The fourth-order valence-corrected chi connectivity index (χ4v) is 4.85. The molecular formula is C27H22N4O2. The van der Waals surface area contributed by atoms with E-state index in [2.05, 4.69) is 16.4 Å². The van der Waals surface area contributed by atoms with E-state index >= 15 is 0 Å². The van der Waals surface area contributed by atoms with Gasteiger partial charge in [0.25, 0.3) is 11.8 Å². The lowest BCUT2D eigenvalue weighted by Crippen LogP contribution is -2.48. The van der Waals surface area contributed by atoms with Gasteiger partial charge in [0.2, 0.25) is 6.17 Å². The van der Waals surface area contributed by atoms with Gasteiger partial charge in [-0.15, -0.1) is 0 Å². The molecule has 6 nitrogen and oxygen atoms in total. The first-order chi connectivity index (χ1) is 16.2. The van der Waals surface area contributed by atoms with Crippen molar-refractivity contribution in [1.29, 1.82) is 0 Å². The molecule has 0 fully saturated rings. The number of aliphatic imine (C=N–C) groups is 1. The van der Waals surface area contributed by atoms with E-state index in [1.165, 1.54) is 0 Å². The Labute approximate surface area is 191 Å². The SMILES string of the molecule is O=C(N[C@@H]1N=C(c2ccccc2)c2cccc3c2N(CCC3)C1=O)c1c[nH]c2ccccc12. The number of para-hydroxylation sites is 2. The van der Waals surface area contributed by atoms with Gasteiger partial charge in [-0.3, -0.25) is 9.59 Å². The first-order valence-electron chi connectivity index (χ1n) is 11.1. The number of fused-ring (bicyclic) bond motifs is 1. The largest absolute Gasteiger partial charge is 0.360 e. The van der Waals surface area contributed by atoms with Gasteiger partial charge in [-0.1, -0.05) is 66.7 Å². The Morgan fingerprint density at radius 1 is 1.00 bits per heavy atom. The van der Waals surface area contributed by atoms with E-state index in [-0.39, 0.29) is 11.8 Å². The minimum absolute atomic E-state index is 0.206. The summed E-state index contributed by atoms with van der Waals surface area (Å²) in [5.41, 5.74) is 5.98. The summed E-state index contributed by atoms with van der Waals surface area (Å²) in [6.45, 7) is 0.611. The van der Waals surface area contributed by atoms with Crippen LogP contribution in [0, 0.1) is 0 Å². The number of aromatic amines is 1. The Bertz CT molecular complexity index is 1420. The van der Waals surface area contributed by atoms with Crippen LogP contribution >= 0.6 is 0 Å². The molecule has 4 aromatic rings. The van der Waals surface area contributed by atoms with Gasteiger partial charge < -0.3 is 15.2 Å². The van der Waals surface area contributed by atoms with Gasteiger partial charge in [0.15, 0.2) is 0 Å². The van der Waals surface area contributed by atoms with Crippen LogP contribution in [0.3, 0.4) is 0 Å². The summed E-state index contributed by atoms with van der Waals surface area (Å²) in [7, 11) is 0. The van der Waals surface area contributed by atoms with Gasteiger partial charge in [0.1, 0.15) is 0 Å². The number of anilines is 1. The number of H-pyrrole nitrogens is 1. The van der Waals surface area contributed by atoms with Crippen molar-refractivity contribution in [3.63, 3.8) is 0 Å². The van der Waals surface area contributed by atoms with Crippen LogP contribution in [-0.4, -0.2) is 35.2 Å². The molecular weight excluding hydrogens is 412 g/mol. The summed E-state index contributed by atoms with van der Waals surface area (Å²) in [5, 5.41) is 3.72. The highest BCUT2D eigenvalue weighted by atomic mass is 16.2. The molecule has 6 heteroatoms. The molecule has 33 heavy (non-hydrogen) atoms. The number of nitrogens with one attached hydrogen (secondary N) is 2. The molecule has 0 spiro atoms. The molecule has 0 saturated carbocycles. The Morgan fingerprint density at radius 2 is 1.82 bits per heavy atom. The number of hydrogen-bond acceptors (Lipinski definition) is 3. The average Bonchev–Trinajstić information content (AvgIpc) is 3.26. The van der Waals surface area contributed by atoms with Crippen LogP contribution in [0.5, 0.6) is 0 Å². The summed E-state index contributed by atoms with van der Waals surface area (Å²) in [5.74, 6) is -0.535. The number of carbonyl (C=O) groups excluding carboxylic acids is 2. The monoisotopic (exact) mass is 434 g/mol. The number of benzene rings is 3. The molecule has 0 aliphatic carbocycles. The quantitative estimate of drug-likeness (QED) is 0.510. The molecule has 0 unspecified atom stereocenters. The topological polar surface area (TPSA) is 77.6 Å². The number of aryl methyl sites for hydroxylation is 1. The van der Waals surface area contributed by atoms with Crippen molar-refractivity contribution in [2.24, 2.45) is 4.99 Å². The second-order valence-corrected chi connectivity index (χ2v) is 8.37. The third-order valence-electron chi connectivity index (χ3n) is 6.38. The Kier molecular flexibility index (Phi) is 4.57. The minimum Gasteiger partial charge on any atom is -0.360 e. The number of amides is 2. The van der Waals surface area contributed by atoms with E-state index < -0.39 is 6.17 Å². The zero-order chi connectivity index (χ0) is 22.4. The smallest absolute Gasteiger partial charge is 0.272 e. The first kappa shape index (κ1) is 19.5. The zero-order valence-corrected chi connectivity index (χ0v) is 17.9. The Hall–Kier alpha value is -4.19. The normalized spacial score (nSPS) is 17.3. The molecule has 0 saturated heterocycles. The van der Waals surface area contributed by atoms with Gasteiger partial charge in [-0.05, 0) is 24.5 Å². The van der Waals surface area contributed by atoms with Crippen LogP contribution in [0.25, 0.3) is 10.9 Å². The molecule has 6 rings (SSSR count). The maximum absolute atomic E-state index is 13.7. The molecule has 3 aromatic carbocycles. The summed E-state index contributed by atoms with van der Waals surface area (Å²) >= 11 is 0.